The van der Waals surface area contributed by atoms with Crippen LogP contribution in [0.2, 0.25) is 0 Å². The van der Waals surface area contributed by atoms with Crippen LogP contribution < -0.4 is 0 Å². The molecule has 2 rings (SSSR count). The monoisotopic (exact) mass is 344 g/mol. The van der Waals surface area contributed by atoms with Gasteiger partial charge in [-0.2, -0.15) is 9.98 Å². The van der Waals surface area contributed by atoms with E-state index < -0.39 is 12.1 Å². The summed E-state index contributed by atoms with van der Waals surface area (Å²) < 4.78 is 0. The van der Waals surface area contributed by atoms with Crippen LogP contribution in [0.1, 0.15) is 44.9 Å². The van der Waals surface area contributed by atoms with Crippen molar-refractivity contribution in [1.29, 1.82) is 0 Å². The highest BCUT2D eigenvalue weighted by Crippen LogP contribution is 2.39. The third-order valence-corrected chi connectivity index (χ3v) is 5.35. The van der Waals surface area contributed by atoms with E-state index in [1.807, 2.05) is 0 Å². The summed E-state index contributed by atoms with van der Waals surface area (Å²) in [4.78, 5) is 58.2. The first-order valence-electron chi connectivity index (χ1n) is 8.53. The molecule has 0 amide bonds. The summed E-state index contributed by atoms with van der Waals surface area (Å²) in [6.07, 6.45) is 11.8. The van der Waals surface area contributed by atoms with Crippen molar-refractivity contribution in [2.24, 2.45) is 31.8 Å². The summed E-state index contributed by atoms with van der Waals surface area (Å²) in [7, 11) is 0. The predicted molar refractivity (Wildman–Crippen MR) is 86.9 cm³/mol. The molecule has 0 bridgehead atoms. The first-order valence-corrected chi connectivity index (χ1v) is 8.53. The van der Waals surface area contributed by atoms with Gasteiger partial charge >= 0.3 is 0 Å². The van der Waals surface area contributed by atoms with Gasteiger partial charge in [0.2, 0.25) is 24.3 Å². The molecule has 25 heavy (non-hydrogen) atoms. The fraction of sp³-hybridized carbons (Fsp3) is 0.765. The molecule has 8 heteroatoms. The fourth-order valence-corrected chi connectivity index (χ4v) is 4.31. The number of hydrogen-bond acceptors (Lipinski definition) is 8. The van der Waals surface area contributed by atoms with Crippen LogP contribution in [-0.2, 0) is 19.2 Å². The Morgan fingerprint density at radius 3 is 1.36 bits per heavy atom. The molecule has 0 aromatic heterocycles. The Balaban J connectivity index is 2.21. The second-order valence-corrected chi connectivity index (χ2v) is 6.62. The molecule has 0 aromatic carbocycles. The molecule has 6 unspecified atom stereocenters. The number of nitrogens with zero attached hydrogens (tertiary/aromatic N) is 4. The van der Waals surface area contributed by atoms with Gasteiger partial charge < -0.3 is 0 Å². The zero-order chi connectivity index (χ0) is 18.1. The second-order valence-electron chi connectivity index (χ2n) is 6.62. The minimum Gasteiger partial charge on any atom is -0.211 e. The van der Waals surface area contributed by atoms with Crippen molar-refractivity contribution < 1.29 is 19.2 Å². The highest BCUT2D eigenvalue weighted by atomic mass is 16.1. The van der Waals surface area contributed by atoms with Crippen molar-refractivity contribution in [2.45, 2.75) is 69.1 Å². The maximum atomic E-state index is 10.8. The Morgan fingerprint density at radius 2 is 1.00 bits per heavy atom. The van der Waals surface area contributed by atoms with Gasteiger partial charge in [0.05, 0.1) is 24.2 Å². The molecule has 0 N–H and O–H groups in total. The number of aliphatic imine (C=N–C) groups is 4. The molecule has 2 aliphatic rings. The van der Waals surface area contributed by atoms with Crippen molar-refractivity contribution in [3.63, 3.8) is 0 Å². The average molecular weight is 344 g/mol. The minimum absolute atomic E-state index is 0.0330. The van der Waals surface area contributed by atoms with Gasteiger partial charge in [-0.15, -0.1) is 0 Å². The summed E-state index contributed by atoms with van der Waals surface area (Å²) in [5, 5.41) is 0. The lowest BCUT2D eigenvalue weighted by molar-refractivity contribution is 0.181. The molecule has 0 heterocycles. The zero-order valence-electron chi connectivity index (χ0n) is 13.8. The van der Waals surface area contributed by atoms with Crippen molar-refractivity contribution >= 4 is 24.3 Å². The third kappa shape index (κ3) is 4.76. The fourth-order valence-electron chi connectivity index (χ4n) is 4.31. The largest absolute Gasteiger partial charge is 0.235 e. The smallest absolute Gasteiger partial charge is 0.211 e. The Labute approximate surface area is 145 Å². The van der Waals surface area contributed by atoms with Crippen LogP contribution in [-0.4, -0.2) is 48.5 Å². The Kier molecular flexibility index (Phi) is 7.34. The predicted octanol–water partition coefficient (Wildman–Crippen LogP) is 1.79. The Hall–Kier alpha value is -2.48. The number of isocyanates is 4. The molecule has 0 aliphatic heterocycles. The lowest BCUT2D eigenvalue weighted by Crippen LogP contribution is -2.41. The normalized spacial score (nSPS) is 34.4. The molecular weight excluding hydrogens is 324 g/mol. The van der Waals surface area contributed by atoms with Crippen LogP contribution in [0.4, 0.5) is 0 Å². The molecule has 132 valence electrons. The van der Waals surface area contributed by atoms with Gasteiger partial charge in [0, 0.05) is 0 Å². The van der Waals surface area contributed by atoms with Gasteiger partial charge in [0.15, 0.2) is 0 Å². The van der Waals surface area contributed by atoms with Gasteiger partial charge in [-0.1, -0.05) is 12.8 Å². The van der Waals surface area contributed by atoms with Crippen LogP contribution in [0.25, 0.3) is 0 Å². The number of hydrogen-bond donors (Lipinski definition) is 0. The summed E-state index contributed by atoms with van der Waals surface area (Å²) in [6, 6.07) is -1.55. The van der Waals surface area contributed by atoms with Crippen molar-refractivity contribution in [3.05, 3.63) is 0 Å². The van der Waals surface area contributed by atoms with Gasteiger partial charge in [-0.3, -0.25) is 0 Å². The SMILES string of the molecule is O=C=NC1CCCC(CC2CCCC(N=C=O)C2N=C=O)C1N=C=O. The van der Waals surface area contributed by atoms with Gasteiger partial charge in [-0.05, 0) is 43.9 Å². The van der Waals surface area contributed by atoms with Crippen molar-refractivity contribution in [1.82, 2.24) is 0 Å². The molecule has 0 aromatic rings. The lowest BCUT2D eigenvalue weighted by atomic mass is 9.71. The quantitative estimate of drug-likeness (QED) is 0.539. The van der Waals surface area contributed by atoms with Crippen LogP contribution in [0.3, 0.4) is 0 Å². The highest BCUT2D eigenvalue weighted by molar-refractivity contribution is 5.37. The van der Waals surface area contributed by atoms with E-state index in [0.29, 0.717) is 19.3 Å². The van der Waals surface area contributed by atoms with Crippen LogP contribution in [0.5, 0.6) is 0 Å². The maximum absolute atomic E-state index is 10.8. The van der Waals surface area contributed by atoms with Gasteiger partial charge in [0.1, 0.15) is 0 Å². The lowest BCUT2D eigenvalue weighted by Gasteiger charge is -2.38. The summed E-state index contributed by atoms with van der Waals surface area (Å²) in [5.74, 6) is 0.0659. The molecule has 8 nitrogen and oxygen atoms in total. The Bertz CT molecular complexity index is 600. The Morgan fingerprint density at radius 1 is 0.600 bits per heavy atom. The molecule has 2 saturated carbocycles. The first-order chi connectivity index (χ1) is 12.2. The van der Waals surface area contributed by atoms with Crippen molar-refractivity contribution in [3.8, 4) is 0 Å². The second kappa shape index (κ2) is 9.73. The van der Waals surface area contributed by atoms with E-state index in [0.717, 1.165) is 25.7 Å². The van der Waals surface area contributed by atoms with Crippen LogP contribution in [0, 0.1) is 11.8 Å². The van der Waals surface area contributed by atoms with E-state index in [9.17, 15) is 19.2 Å². The standard InChI is InChI=1S/C17H20N4O4/c22-8-18-14-5-1-3-12(16(14)20-10-24)7-13-4-2-6-15(19-9-23)17(13)21-11-25/h12-17H,1-7H2. The minimum atomic E-state index is -0.413. The van der Waals surface area contributed by atoms with Crippen LogP contribution in [0.15, 0.2) is 20.0 Å². The van der Waals surface area contributed by atoms with E-state index in [2.05, 4.69) is 20.0 Å². The average Bonchev–Trinajstić information content (AvgIpc) is 2.61. The summed E-state index contributed by atoms with van der Waals surface area (Å²) in [6.45, 7) is 0. The molecule has 0 radical (unpaired) electrons. The van der Waals surface area contributed by atoms with Gasteiger partial charge in [-0.25, -0.2) is 29.2 Å². The summed E-state index contributed by atoms with van der Waals surface area (Å²) >= 11 is 0. The topological polar surface area (TPSA) is 118 Å². The molecule has 2 fully saturated rings. The maximum Gasteiger partial charge on any atom is 0.235 e. The molecule has 2 aliphatic carbocycles. The van der Waals surface area contributed by atoms with Crippen LogP contribution >= 0.6 is 0 Å². The van der Waals surface area contributed by atoms with E-state index in [1.54, 1.807) is 24.3 Å². The third-order valence-electron chi connectivity index (χ3n) is 5.35. The zero-order valence-corrected chi connectivity index (χ0v) is 13.8. The molecule has 0 spiro atoms. The van der Waals surface area contributed by atoms with E-state index in [1.165, 1.54) is 0 Å². The van der Waals surface area contributed by atoms with E-state index in [4.69, 9.17) is 0 Å². The van der Waals surface area contributed by atoms with Crippen molar-refractivity contribution in [2.75, 3.05) is 0 Å². The van der Waals surface area contributed by atoms with E-state index in [-0.39, 0.29) is 23.9 Å². The highest BCUT2D eigenvalue weighted by Gasteiger charge is 2.39. The molecule has 0 saturated heterocycles. The molecular formula is C17H20N4O4. The molecule has 6 atom stereocenters. The number of rotatable bonds is 6. The first kappa shape index (κ1) is 18.9. The van der Waals surface area contributed by atoms with E-state index >= 15 is 0 Å². The van der Waals surface area contributed by atoms with Gasteiger partial charge in [0.25, 0.3) is 0 Å². The number of carbonyl (C=O) groups excluding carboxylic acids is 4. The summed E-state index contributed by atoms with van der Waals surface area (Å²) in [5.41, 5.74) is 0.